The number of nitrogens with zero attached hydrogens (tertiary/aromatic N) is 3. The van der Waals surface area contributed by atoms with Crippen LogP contribution in [0.15, 0.2) is 5.16 Å². The largest absolute Gasteiger partial charge is 0.324 e. The fourth-order valence-electron chi connectivity index (χ4n) is 2.57. The summed E-state index contributed by atoms with van der Waals surface area (Å²) in [5.74, 6) is 2.93. The lowest BCUT2D eigenvalue weighted by Gasteiger charge is -2.21. The van der Waals surface area contributed by atoms with E-state index in [0.717, 1.165) is 36.1 Å². The maximum absolute atomic E-state index is 11.7. The summed E-state index contributed by atoms with van der Waals surface area (Å²) in [6.45, 7) is 5.49. The molecule has 0 spiro atoms. The lowest BCUT2D eigenvalue weighted by molar-refractivity contribution is 0.479. The van der Waals surface area contributed by atoms with Crippen molar-refractivity contribution in [3.8, 4) is 0 Å². The Bertz CT molecular complexity index is 569. The summed E-state index contributed by atoms with van der Waals surface area (Å²) in [5.41, 5.74) is 5.70. The number of nitrogens with two attached hydrogens (primary N) is 1. The van der Waals surface area contributed by atoms with E-state index in [4.69, 9.17) is 5.73 Å². The van der Waals surface area contributed by atoms with Crippen molar-refractivity contribution in [2.45, 2.75) is 44.9 Å². The van der Waals surface area contributed by atoms with E-state index < -0.39 is 9.84 Å². The van der Waals surface area contributed by atoms with Crippen molar-refractivity contribution in [1.29, 1.82) is 0 Å². The highest BCUT2D eigenvalue weighted by Crippen LogP contribution is 2.26. The zero-order valence-electron chi connectivity index (χ0n) is 12.7. The smallest absolute Gasteiger partial charge is 0.191 e. The molecule has 0 aliphatic carbocycles. The Balaban J connectivity index is 2.01. The van der Waals surface area contributed by atoms with Crippen molar-refractivity contribution in [2.75, 3.05) is 17.3 Å². The van der Waals surface area contributed by atoms with E-state index >= 15 is 0 Å². The first-order chi connectivity index (χ1) is 9.91. The zero-order valence-corrected chi connectivity index (χ0v) is 14.3. The molecular weight excluding hydrogens is 308 g/mol. The predicted molar refractivity (Wildman–Crippen MR) is 84.9 cm³/mol. The van der Waals surface area contributed by atoms with E-state index in [9.17, 15) is 8.42 Å². The Hall–Kier alpha value is -0.600. The molecule has 1 unspecified atom stereocenters. The SMILES string of the molecule is CC(C)Cn1c(CN)nnc1SCC1CCCS(=O)(=O)C1. The first-order valence-corrected chi connectivity index (χ1v) is 10.2. The molecule has 6 nitrogen and oxygen atoms in total. The molecule has 0 saturated carbocycles. The lowest BCUT2D eigenvalue weighted by Crippen LogP contribution is -2.26. The van der Waals surface area contributed by atoms with E-state index in [1.54, 1.807) is 11.8 Å². The number of hydrogen-bond acceptors (Lipinski definition) is 6. The van der Waals surface area contributed by atoms with Crippen LogP contribution in [0.1, 0.15) is 32.5 Å². The van der Waals surface area contributed by atoms with Crippen LogP contribution in [0.3, 0.4) is 0 Å². The predicted octanol–water partition coefficient (Wildman–Crippen LogP) is 1.31. The molecule has 21 heavy (non-hydrogen) atoms. The average molecular weight is 332 g/mol. The van der Waals surface area contributed by atoms with Gasteiger partial charge < -0.3 is 10.3 Å². The van der Waals surface area contributed by atoms with Crippen molar-refractivity contribution >= 4 is 21.6 Å². The number of thioether (sulfide) groups is 1. The maximum atomic E-state index is 11.7. The Labute approximate surface area is 130 Å². The summed E-state index contributed by atoms with van der Waals surface area (Å²) >= 11 is 1.60. The second-order valence-corrected chi connectivity index (χ2v) is 9.26. The van der Waals surface area contributed by atoms with E-state index in [1.165, 1.54) is 0 Å². The minimum Gasteiger partial charge on any atom is -0.324 e. The van der Waals surface area contributed by atoms with Crippen molar-refractivity contribution in [1.82, 2.24) is 14.8 Å². The molecular formula is C13H24N4O2S2. The van der Waals surface area contributed by atoms with Crippen molar-refractivity contribution in [2.24, 2.45) is 17.6 Å². The molecule has 1 saturated heterocycles. The molecule has 1 fully saturated rings. The number of sulfone groups is 1. The van der Waals surface area contributed by atoms with Gasteiger partial charge in [-0.1, -0.05) is 25.6 Å². The second-order valence-electron chi connectivity index (χ2n) is 6.04. The van der Waals surface area contributed by atoms with Crippen LogP contribution in [-0.4, -0.2) is 40.4 Å². The number of rotatable bonds is 6. The molecule has 0 bridgehead atoms. The van der Waals surface area contributed by atoms with Crippen molar-refractivity contribution < 1.29 is 8.42 Å². The van der Waals surface area contributed by atoms with Crippen molar-refractivity contribution in [3.63, 3.8) is 0 Å². The summed E-state index contributed by atoms with van der Waals surface area (Å²) in [6, 6.07) is 0. The van der Waals surface area contributed by atoms with Gasteiger partial charge in [0.2, 0.25) is 0 Å². The Morgan fingerprint density at radius 2 is 2.19 bits per heavy atom. The number of hydrogen-bond donors (Lipinski definition) is 1. The average Bonchev–Trinajstić information content (AvgIpc) is 2.76. The van der Waals surface area contributed by atoms with Crippen LogP contribution in [0.4, 0.5) is 0 Å². The number of aromatic nitrogens is 3. The van der Waals surface area contributed by atoms with Gasteiger partial charge in [0.25, 0.3) is 0 Å². The second kappa shape index (κ2) is 7.11. The minimum atomic E-state index is -2.84. The summed E-state index contributed by atoms with van der Waals surface area (Å²) < 4.78 is 25.4. The van der Waals surface area contributed by atoms with Gasteiger partial charge in [-0.3, -0.25) is 0 Å². The highest BCUT2D eigenvalue weighted by atomic mass is 32.2. The fourth-order valence-corrected chi connectivity index (χ4v) is 5.60. The van der Waals surface area contributed by atoms with E-state index in [-0.39, 0.29) is 5.92 Å². The zero-order chi connectivity index (χ0) is 15.5. The molecule has 2 N–H and O–H groups in total. The highest BCUT2D eigenvalue weighted by molar-refractivity contribution is 7.99. The maximum Gasteiger partial charge on any atom is 0.191 e. The summed E-state index contributed by atoms with van der Waals surface area (Å²) in [5, 5.41) is 9.19. The fraction of sp³-hybridized carbons (Fsp3) is 0.846. The molecule has 120 valence electrons. The van der Waals surface area contributed by atoms with Gasteiger partial charge >= 0.3 is 0 Å². The third-order valence-electron chi connectivity index (χ3n) is 3.53. The Morgan fingerprint density at radius 1 is 1.43 bits per heavy atom. The standard InChI is InChI=1S/C13H24N4O2S2/c1-10(2)7-17-12(6-14)15-16-13(17)20-8-11-4-3-5-21(18,19)9-11/h10-11H,3-9,14H2,1-2H3. The molecule has 0 radical (unpaired) electrons. The molecule has 1 aromatic rings. The van der Waals surface area contributed by atoms with Gasteiger partial charge in [0, 0.05) is 12.3 Å². The molecule has 0 amide bonds. The first kappa shape index (κ1) is 16.8. The van der Waals surface area contributed by atoms with Gasteiger partial charge in [-0.25, -0.2) is 8.42 Å². The lowest BCUT2D eigenvalue weighted by atomic mass is 10.1. The van der Waals surface area contributed by atoms with Gasteiger partial charge in [-0.05, 0) is 24.7 Å². The van der Waals surface area contributed by atoms with Crippen molar-refractivity contribution in [3.05, 3.63) is 5.82 Å². The minimum absolute atomic E-state index is 0.222. The van der Waals surface area contributed by atoms with Crippen LogP contribution in [0.25, 0.3) is 0 Å². The molecule has 1 atom stereocenters. The summed E-state index contributed by atoms with van der Waals surface area (Å²) in [4.78, 5) is 0. The molecule has 1 aliphatic heterocycles. The van der Waals surface area contributed by atoms with Crippen LogP contribution in [0, 0.1) is 11.8 Å². The third kappa shape index (κ3) is 4.69. The van der Waals surface area contributed by atoms with E-state index in [2.05, 4.69) is 28.6 Å². The van der Waals surface area contributed by atoms with E-state index in [0.29, 0.717) is 24.0 Å². The first-order valence-electron chi connectivity index (χ1n) is 7.36. The van der Waals surface area contributed by atoms with Gasteiger partial charge in [-0.15, -0.1) is 10.2 Å². The highest BCUT2D eigenvalue weighted by Gasteiger charge is 2.25. The van der Waals surface area contributed by atoms with Crippen LogP contribution in [-0.2, 0) is 22.9 Å². The molecule has 0 aromatic carbocycles. The monoisotopic (exact) mass is 332 g/mol. The summed E-state index contributed by atoms with van der Waals surface area (Å²) in [6.07, 6.45) is 1.76. The molecule has 1 aromatic heterocycles. The molecule has 2 heterocycles. The molecule has 8 heteroatoms. The topological polar surface area (TPSA) is 90.9 Å². The van der Waals surface area contributed by atoms with E-state index in [1.807, 2.05) is 0 Å². The normalized spacial score (nSPS) is 21.8. The molecule has 2 rings (SSSR count). The quantitative estimate of drug-likeness (QED) is 0.790. The Kier molecular flexibility index (Phi) is 5.67. The van der Waals surface area contributed by atoms with Gasteiger partial charge in [-0.2, -0.15) is 0 Å². The summed E-state index contributed by atoms with van der Waals surface area (Å²) in [7, 11) is -2.84. The third-order valence-corrected chi connectivity index (χ3v) is 6.62. The molecule has 1 aliphatic rings. The van der Waals surface area contributed by atoms with Crippen LogP contribution in [0.5, 0.6) is 0 Å². The van der Waals surface area contributed by atoms with Crippen LogP contribution < -0.4 is 5.73 Å². The van der Waals surface area contributed by atoms with Crippen LogP contribution in [0.2, 0.25) is 0 Å². The van der Waals surface area contributed by atoms with Gasteiger partial charge in [0.15, 0.2) is 15.0 Å². The van der Waals surface area contributed by atoms with Gasteiger partial charge in [0.1, 0.15) is 5.82 Å². The van der Waals surface area contributed by atoms with Crippen LogP contribution >= 0.6 is 11.8 Å². The Morgan fingerprint density at radius 3 is 2.81 bits per heavy atom. The van der Waals surface area contributed by atoms with Gasteiger partial charge in [0.05, 0.1) is 18.1 Å².